The van der Waals surface area contributed by atoms with Crippen molar-refractivity contribution in [2.75, 3.05) is 19.9 Å². The fourth-order valence-corrected chi connectivity index (χ4v) is 6.89. The van der Waals surface area contributed by atoms with Gasteiger partial charge in [0.05, 0.1) is 13.3 Å². The van der Waals surface area contributed by atoms with Crippen LogP contribution in [0.5, 0.6) is 0 Å². The molecule has 1 saturated heterocycles. The van der Waals surface area contributed by atoms with E-state index in [1.807, 2.05) is 18.2 Å². The molecule has 4 atom stereocenters. The molecular formula is C39H58N2O. The van der Waals surface area contributed by atoms with Crippen LogP contribution >= 0.6 is 0 Å². The second-order valence-electron chi connectivity index (χ2n) is 12.5. The molecule has 0 bridgehead atoms. The minimum absolute atomic E-state index is 0.623. The second kappa shape index (κ2) is 18.1. The Hall–Kier alpha value is -2.62. The van der Waals surface area contributed by atoms with Gasteiger partial charge < -0.3 is 10.1 Å². The Morgan fingerprint density at radius 3 is 2.62 bits per heavy atom. The van der Waals surface area contributed by atoms with Crippen LogP contribution in [0.15, 0.2) is 109 Å². The molecule has 3 heteroatoms. The first-order chi connectivity index (χ1) is 20.3. The molecule has 0 aromatic rings. The summed E-state index contributed by atoms with van der Waals surface area (Å²) in [6.07, 6.45) is 30.3. The Balaban J connectivity index is 1.64. The molecule has 3 aliphatic rings. The van der Waals surface area contributed by atoms with Crippen molar-refractivity contribution < 1.29 is 4.74 Å². The molecule has 1 fully saturated rings. The minimum Gasteiger partial charge on any atom is -0.365 e. The molecule has 0 radical (unpaired) electrons. The van der Waals surface area contributed by atoms with Gasteiger partial charge in [-0.05, 0) is 112 Å². The highest BCUT2D eigenvalue weighted by Crippen LogP contribution is 2.38. The topological polar surface area (TPSA) is 24.5 Å². The highest BCUT2D eigenvalue weighted by Gasteiger charge is 2.27. The van der Waals surface area contributed by atoms with Crippen molar-refractivity contribution >= 4 is 0 Å². The fraction of sp³-hybridized carbons (Fsp3) is 0.538. The first-order valence-corrected chi connectivity index (χ1v) is 16.5. The molecule has 0 saturated carbocycles. The molecule has 0 aromatic heterocycles. The average Bonchev–Trinajstić information content (AvgIpc) is 3.40. The fourth-order valence-electron chi connectivity index (χ4n) is 6.89. The summed E-state index contributed by atoms with van der Waals surface area (Å²) in [6.45, 7) is 26.5. The number of allylic oxidation sites excluding steroid dienone is 12. The molecule has 0 aromatic carbocycles. The van der Waals surface area contributed by atoms with Crippen molar-refractivity contribution in [3.8, 4) is 0 Å². The number of nitrogens with one attached hydrogen (secondary N) is 1. The number of nitrogens with zero attached hydrogens (tertiary/aromatic N) is 1. The summed E-state index contributed by atoms with van der Waals surface area (Å²) >= 11 is 0. The van der Waals surface area contributed by atoms with Crippen LogP contribution in [0, 0.1) is 17.8 Å². The molecule has 1 N–H and O–H groups in total. The zero-order chi connectivity index (χ0) is 30.3. The van der Waals surface area contributed by atoms with Gasteiger partial charge in [0, 0.05) is 24.0 Å². The van der Waals surface area contributed by atoms with Crippen LogP contribution in [-0.4, -0.2) is 30.8 Å². The predicted octanol–water partition coefficient (Wildman–Crippen LogP) is 10.1. The number of rotatable bonds is 14. The lowest BCUT2D eigenvalue weighted by molar-refractivity contribution is 0.108. The lowest BCUT2D eigenvalue weighted by atomic mass is 9.77. The second-order valence-corrected chi connectivity index (χ2v) is 12.5. The van der Waals surface area contributed by atoms with Crippen LogP contribution in [0.4, 0.5) is 0 Å². The normalized spacial score (nSPS) is 25.6. The molecule has 0 spiro atoms. The van der Waals surface area contributed by atoms with Crippen LogP contribution < -0.4 is 5.32 Å². The summed E-state index contributed by atoms with van der Waals surface area (Å²) in [7, 11) is 0. The van der Waals surface area contributed by atoms with Gasteiger partial charge in [0.2, 0.25) is 0 Å². The summed E-state index contributed by atoms with van der Waals surface area (Å²) in [5.41, 5.74) is 7.42. The summed E-state index contributed by atoms with van der Waals surface area (Å²) in [6, 6.07) is 0.690. The molecule has 1 aliphatic heterocycles. The lowest BCUT2D eigenvalue weighted by Gasteiger charge is -2.29. The smallest absolute Gasteiger partial charge is 0.0994 e. The van der Waals surface area contributed by atoms with E-state index < -0.39 is 0 Å². The summed E-state index contributed by atoms with van der Waals surface area (Å²) < 4.78 is 5.64. The van der Waals surface area contributed by atoms with Crippen molar-refractivity contribution in [1.29, 1.82) is 0 Å². The maximum absolute atomic E-state index is 5.64. The van der Waals surface area contributed by atoms with Crippen molar-refractivity contribution in [2.45, 2.75) is 97.4 Å². The first-order valence-electron chi connectivity index (χ1n) is 16.5. The molecule has 1 heterocycles. The zero-order valence-electron chi connectivity index (χ0n) is 27.0. The molecule has 2 aliphatic carbocycles. The van der Waals surface area contributed by atoms with E-state index in [1.165, 1.54) is 63.4 Å². The maximum Gasteiger partial charge on any atom is 0.0994 e. The van der Waals surface area contributed by atoms with E-state index in [0.29, 0.717) is 23.8 Å². The minimum atomic E-state index is 0.623. The number of hydrogen-bond donors (Lipinski definition) is 1. The Kier molecular flexibility index (Phi) is 14.6. The molecule has 230 valence electrons. The average molecular weight is 571 g/mol. The summed E-state index contributed by atoms with van der Waals surface area (Å²) in [4.78, 5) is 2.56. The van der Waals surface area contributed by atoms with Gasteiger partial charge in [-0.1, -0.05) is 94.7 Å². The van der Waals surface area contributed by atoms with Crippen molar-refractivity contribution in [2.24, 2.45) is 17.8 Å². The van der Waals surface area contributed by atoms with Crippen LogP contribution in [0.2, 0.25) is 0 Å². The van der Waals surface area contributed by atoms with E-state index in [-0.39, 0.29) is 0 Å². The monoisotopic (exact) mass is 570 g/mol. The molecular weight excluding hydrogens is 512 g/mol. The number of hydrogen-bond acceptors (Lipinski definition) is 3. The zero-order valence-corrected chi connectivity index (χ0v) is 27.0. The van der Waals surface area contributed by atoms with Gasteiger partial charge in [-0.2, -0.15) is 0 Å². The van der Waals surface area contributed by atoms with Crippen LogP contribution in [0.25, 0.3) is 0 Å². The van der Waals surface area contributed by atoms with E-state index in [9.17, 15) is 0 Å². The van der Waals surface area contributed by atoms with Crippen molar-refractivity contribution in [1.82, 2.24) is 10.2 Å². The van der Waals surface area contributed by atoms with E-state index >= 15 is 0 Å². The van der Waals surface area contributed by atoms with Gasteiger partial charge in [-0.3, -0.25) is 4.90 Å². The molecule has 42 heavy (non-hydrogen) atoms. The van der Waals surface area contributed by atoms with Crippen LogP contribution in [-0.2, 0) is 4.74 Å². The van der Waals surface area contributed by atoms with Crippen molar-refractivity contribution in [3.63, 3.8) is 0 Å². The first kappa shape index (κ1) is 33.9. The number of ether oxygens (including phenoxy) is 1. The van der Waals surface area contributed by atoms with E-state index in [2.05, 4.69) is 81.6 Å². The summed E-state index contributed by atoms with van der Waals surface area (Å²) in [5, 5.41) is 3.23. The Labute approximate surface area is 258 Å². The van der Waals surface area contributed by atoms with Crippen LogP contribution in [0.3, 0.4) is 0 Å². The van der Waals surface area contributed by atoms with E-state index in [0.717, 1.165) is 49.7 Å². The predicted molar refractivity (Wildman–Crippen MR) is 183 cm³/mol. The maximum atomic E-state index is 5.64. The third-order valence-electron chi connectivity index (χ3n) is 9.67. The quantitative estimate of drug-likeness (QED) is 0.166. The Morgan fingerprint density at radius 2 is 1.88 bits per heavy atom. The van der Waals surface area contributed by atoms with Gasteiger partial charge in [-0.25, -0.2) is 0 Å². The van der Waals surface area contributed by atoms with Crippen molar-refractivity contribution in [3.05, 3.63) is 109 Å². The highest BCUT2D eigenvalue weighted by molar-refractivity contribution is 5.44. The molecule has 3 rings (SSSR count). The highest BCUT2D eigenvalue weighted by atomic mass is 16.5. The largest absolute Gasteiger partial charge is 0.365 e. The van der Waals surface area contributed by atoms with Gasteiger partial charge in [0.1, 0.15) is 0 Å². The van der Waals surface area contributed by atoms with Gasteiger partial charge >= 0.3 is 0 Å². The third kappa shape index (κ3) is 10.6. The van der Waals surface area contributed by atoms with E-state index in [1.54, 1.807) is 17.2 Å². The van der Waals surface area contributed by atoms with E-state index in [4.69, 9.17) is 4.74 Å². The Bertz CT molecular complexity index is 1080. The Morgan fingerprint density at radius 1 is 1.07 bits per heavy atom. The summed E-state index contributed by atoms with van der Waals surface area (Å²) in [5.74, 6) is 1.96. The molecule has 3 unspecified atom stereocenters. The standard InChI is InChI=1S/C39H58N2O/c1-8-10-16-32(5)40-33(6)23-21-31(4)38(9-2)39-20-14-12-11-13-17-36(39)24-22-30(3)34(7)35-18-15-19-37(26-25-35)41-27-28-42-29-41/h8,10,12,14,16,18,21,23,30,34,36-37,40H,1,4-6,9,11,13,15,17,19-20,22,24-29H2,2-3,7H3/b14-12-,16-10-,23-21-,39-38+/t30?,34-,36?,37?/m1/s1. The van der Waals surface area contributed by atoms with Gasteiger partial charge in [-0.15, -0.1) is 0 Å². The van der Waals surface area contributed by atoms with Crippen LogP contribution in [0.1, 0.15) is 91.4 Å². The molecule has 0 amide bonds. The lowest BCUT2D eigenvalue weighted by Crippen LogP contribution is -2.32. The van der Waals surface area contributed by atoms with Gasteiger partial charge in [0.15, 0.2) is 0 Å². The SMILES string of the molecule is C=C/C=C\C(=C)NC(=C)/C=C\C(=C)/C(CC)=C1\C/C=C\CCCC1CCC(C)[C@@H](C)C1=CCCC(N2CCOC2)CC1. The third-order valence-corrected chi connectivity index (χ3v) is 9.67. The molecule has 3 nitrogen and oxygen atoms in total. The van der Waals surface area contributed by atoms with Gasteiger partial charge in [0.25, 0.3) is 0 Å².